The van der Waals surface area contributed by atoms with E-state index in [0.29, 0.717) is 6.61 Å². The summed E-state index contributed by atoms with van der Waals surface area (Å²) in [6, 6.07) is 0. The Morgan fingerprint density at radius 3 is 2.08 bits per heavy atom. The molecule has 6 heteroatoms. The van der Waals surface area contributed by atoms with Gasteiger partial charge in [-0.2, -0.15) is 5.01 Å². The van der Waals surface area contributed by atoms with Gasteiger partial charge in [0.2, 0.25) is 5.91 Å². The summed E-state index contributed by atoms with van der Waals surface area (Å²) in [4.78, 5) is 4.38. The number of hydrogen-bond acceptors (Lipinski definition) is 6. The van der Waals surface area contributed by atoms with Crippen LogP contribution in [0.1, 0.15) is 38.5 Å². The van der Waals surface area contributed by atoms with Crippen LogP contribution in [-0.2, 0) is 9.47 Å². The molecular formula is C18H38N4O2. The maximum absolute atomic E-state index is 6.44. The van der Waals surface area contributed by atoms with Crippen molar-refractivity contribution in [3.63, 3.8) is 0 Å². The van der Waals surface area contributed by atoms with E-state index in [0.717, 1.165) is 52.2 Å². The van der Waals surface area contributed by atoms with Crippen LogP contribution >= 0.6 is 0 Å². The van der Waals surface area contributed by atoms with E-state index in [1.54, 1.807) is 0 Å². The molecule has 2 rings (SSSR count). The number of likely N-dealkylation sites (N-methyl/N-ethyl adjacent to an activating group) is 1. The smallest absolute Gasteiger partial charge is 0.243 e. The summed E-state index contributed by atoms with van der Waals surface area (Å²) in [5, 5.41) is 4.88. The molecule has 0 saturated carbocycles. The Balaban J connectivity index is 1.99. The maximum Gasteiger partial charge on any atom is 0.243 e. The third-order valence-electron chi connectivity index (χ3n) is 4.87. The Hall–Kier alpha value is -0.240. The number of rotatable bonds is 10. The summed E-state index contributed by atoms with van der Waals surface area (Å²) in [5.74, 6) is -0.551. The van der Waals surface area contributed by atoms with Gasteiger partial charge in [-0.15, -0.1) is 0 Å². The van der Waals surface area contributed by atoms with E-state index < -0.39 is 5.91 Å². The maximum atomic E-state index is 6.44. The highest BCUT2D eigenvalue weighted by molar-refractivity contribution is 4.79. The molecule has 142 valence electrons. The lowest BCUT2D eigenvalue weighted by atomic mass is 10.1. The van der Waals surface area contributed by atoms with Crippen molar-refractivity contribution in [2.45, 2.75) is 44.4 Å². The van der Waals surface area contributed by atoms with Crippen molar-refractivity contribution in [3.05, 3.63) is 0 Å². The van der Waals surface area contributed by atoms with Gasteiger partial charge < -0.3 is 19.3 Å². The minimum atomic E-state index is -0.551. The summed E-state index contributed by atoms with van der Waals surface area (Å²) >= 11 is 0. The first-order valence-electron chi connectivity index (χ1n) is 9.63. The van der Waals surface area contributed by atoms with Crippen molar-refractivity contribution in [1.82, 2.24) is 19.8 Å². The molecule has 0 aliphatic carbocycles. The molecule has 2 fully saturated rings. The van der Waals surface area contributed by atoms with Crippen LogP contribution < -0.4 is 0 Å². The van der Waals surface area contributed by atoms with Crippen LogP contribution in [0.4, 0.5) is 0 Å². The van der Waals surface area contributed by atoms with Gasteiger partial charge in [-0.05, 0) is 66.8 Å². The summed E-state index contributed by atoms with van der Waals surface area (Å²) in [6.07, 6.45) is 6.99. The fraction of sp³-hybridized carbons (Fsp3) is 1.00. The first kappa shape index (κ1) is 20.1. The molecule has 0 N–H and O–H groups in total. The first-order valence-corrected chi connectivity index (χ1v) is 9.63. The molecular weight excluding hydrogens is 304 g/mol. The minimum Gasteiger partial charge on any atom is -0.336 e. The largest absolute Gasteiger partial charge is 0.336 e. The van der Waals surface area contributed by atoms with Crippen LogP contribution in [0.3, 0.4) is 0 Å². The van der Waals surface area contributed by atoms with E-state index in [2.05, 4.69) is 48.0 Å². The number of hydrazine groups is 1. The third-order valence-corrected chi connectivity index (χ3v) is 4.87. The zero-order valence-electron chi connectivity index (χ0n) is 16.3. The topological polar surface area (TPSA) is 31.4 Å². The van der Waals surface area contributed by atoms with E-state index in [1.165, 1.54) is 25.7 Å². The van der Waals surface area contributed by atoms with Gasteiger partial charge in [-0.1, -0.05) is 0 Å². The molecule has 2 aliphatic heterocycles. The molecule has 6 nitrogen and oxygen atoms in total. The van der Waals surface area contributed by atoms with Gasteiger partial charge in [0.15, 0.2) is 0 Å². The first-order chi connectivity index (χ1) is 11.5. The Morgan fingerprint density at radius 1 is 0.792 bits per heavy atom. The fourth-order valence-corrected chi connectivity index (χ4v) is 3.54. The average Bonchev–Trinajstić information content (AvgIpc) is 3.06. The summed E-state index contributed by atoms with van der Waals surface area (Å²) in [7, 11) is 8.40. The van der Waals surface area contributed by atoms with E-state index in [1.807, 2.05) is 0 Å². The molecule has 2 aliphatic rings. The second kappa shape index (κ2) is 10.0. The molecule has 0 spiro atoms. The normalized spacial score (nSPS) is 26.8. The van der Waals surface area contributed by atoms with Crippen molar-refractivity contribution in [1.29, 1.82) is 0 Å². The molecule has 0 radical (unpaired) electrons. The SMILES string of the molecule is CN(C)CCCOC1(OCCN(C)C)CCCCN1N1CCCC1. The van der Waals surface area contributed by atoms with Crippen molar-refractivity contribution < 1.29 is 9.47 Å². The molecule has 2 heterocycles. The van der Waals surface area contributed by atoms with Crippen molar-refractivity contribution >= 4 is 0 Å². The predicted octanol–water partition coefficient (Wildman–Crippen LogP) is 1.68. The lowest BCUT2D eigenvalue weighted by molar-refractivity contribution is -0.374. The van der Waals surface area contributed by atoms with E-state index in [9.17, 15) is 0 Å². The summed E-state index contributed by atoms with van der Waals surface area (Å²) < 4.78 is 12.9. The van der Waals surface area contributed by atoms with Crippen LogP contribution in [0.25, 0.3) is 0 Å². The molecule has 0 bridgehead atoms. The quantitative estimate of drug-likeness (QED) is 0.444. The highest BCUT2D eigenvalue weighted by Crippen LogP contribution is 2.34. The third kappa shape index (κ3) is 5.93. The van der Waals surface area contributed by atoms with Gasteiger partial charge >= 0.3 is 0 Å². The second-order valence-corrected chi connectivity index (χ2v) is 7.61. The van der Waals surface area contributed by atoms with Crippen LogP contribution in [0.5, 0.6) is 0 Å². The van der Waals surface area contributed by atoms with Crippen molar-refractivity contribution in [3.8, 4) is 0 Å². The molecule has 1 unspecified atom stereocenters. The van der Waals surface area contributed by atoms with Crippen LogP contribution in [0, 0.1) is 0 Å². The molecule has 0 aromatic heterocycles. The van der Waals surface area contributed by atoms with Gasteiger partial charge in [-0.25, -0.2) is 5.01 Å². The molecule has 24 heavy (non-hydrogen) atoms. The number of hydrogen-bond donors (Lipinski definition) is 0. The standard InChI is InChI=1S/C18H38N4O2/c1-19(2)11-9-16-23-18(24-17-15-20(3)4)10-5-6-14-22(18)21-12-7-8-13-21/h5-17H2,1-4H3. The number of ether oxygens (including phenoxy) is 2. The van der Waals surface area contributed by atoms with Crippen LogP contribution in [-0.4, -0.2) is 99.9 Å². The Labute approximate surface area is 148 Å². The lowest BCUT2D eigenvalue weighted by Gasteiger charge is -2.49. The highest BCUT2D eigenvalue weighted by atomic mass is 16.7. The summed E-state index contributed by atoms with van der Waals surface area (Å²) in [5.41, 5.74) is 0. The monoisotopic (exact) mass is 342 g/mol. The number of nitrogens with zero attached hydrogens (tertiary/aromatic N) is 4. The highest BCUT2D eigenvalue weighted by Gasteiger charge is 2.44. The van der Waals surface area contributed by atoms with Crippen LogP contribution in [0.15, 0.2) is 0 Å². The van der Waals surface area contributed by atoms with Gasteiger partial charge in [0.1, 0.15) is 0 Å². The van der Waals surface area contributed by atoms with Crippen LogP contribution in [0.2, 0.25) is 0 Å². The van der Waals surface area contributed by atoms with Gasteiger partial charge in [0.25, 0.3) is 0 Å². The zero-order valence-corrected chi connectivity index (χ0v) is 16.3. The Bertz CT molecular complexity index is 348. The Kier molecular flexibility index (Phi) is 8.40. The molecule has 1 atom stereocenters. The van der Waals surface area contributed by atoms with Gasteiger partial charge in [0, 0.05) is 32.6 Å². The molecule has 0 aromatic carbocycles. The molecule has 2 saturated heterocycles. The average molecular weight is 343 g/mol. The minimum absolute atomic E-state index is 0.551. The van der Waals surface area contributed by atoms with E-state index in [-0.39, 0.29) is 0 Å². The van der Waals surface area contributed by atoms with Gasteiger partial charge in [-0.3, -0.25) is 0 Å². The Morgan fingerprint density at radius 2 is 1.42 bits per heavy atom. The van der Waals surface area contributed by atoms with E-state index >= 15 is 0 Å². The van der Waals surface area contributed by atoms with E-state index in [4.69, 9.17) is 9.47 Å². The van der Waals surface area contributed by atoms with Crippen molar-refractivity contribution in [2.24, 2.45) is 0 Å². The predicted molar refractivity (Wildman–Crippen MR) is 97.7 cm³/mol. The molecule has 0 amide bonds. The zero-order chi connectivity index (χ0) is 17.4. The number of piperidine rings is 1. The van der Waals surface area contributed by atoms with Gasteiger partial charge in [0.05, 0.1) is 13.2 Å². The summed E-state index contributed by atoms with van der Waals surface area (Å²) in [6.45, 7) is 6.78. The molecule has 0 aromatic rings. The fourth-order valence-electron chi connectivity index (χ4n) is 3.54. The van der Waals surface area contributed by atoms with Crippen molar-refractivity contribution in [2.75, 3.05) is 74.1 Å². The second-order valence-electron chi connectivity index (χ2n) is 7.61. The lowest BCUT2D eigenvalue weighted by Crippen LogP contribution is -2.62.